The zero-order chi connectivity index (χ0) is 20.2. The highest BCUT2D eigenvalue weighted by molar-refractivity contribution is 7.89. The number of carbonyl (C=O) groups excluding carboxylic acids is 2. The van der Waals surface area contributed by atoms with E-state index in [9.17, 15) is 18.0 Å². The summed E-state index contributed by atoms with van der Waals surface area (Å²) in [6.45, 7) is 6.89. The van der Waals surface area contributed by atoms with Crippen molar-refractivity contribution >= 4 is 27.4 Å². The Morgan fingerprint density at radius 2 is 1.52 bits per heavy atom. The first-order chi connectivity index (χ1) is 12.6. The van der Waals surface area contributed by atoms with Crippen molar-refractivity contribution in [2.24, 2.45) is 0 Å². The first-order valence-electron chi connectivity index (χ1n) is 8.58. The molecule has 7 heteroatoms. The minimum atomic E-state index is -3.69. The van der Waals surface area contributed by atoms with E-state index in [1.54, 1.807) is 38.1 Å². The molecule has 0 atom stereocenters. The Hall–Kier alpha value is -2.51. The summed E-state index contributed by atoms with van der Waals surface area (Å²) in [5, 5.41) is 2.68. The molecule has 6 nitrogen and oxygen atoms in total. The molecule has 27 heavy (non-hydrogen) atoms. The van der Waals surface area contributed by atoms with Gasteiger partial charge in [0.1, 0.15) is 0 Å². The third kappa shape index (κ3) is 5.48. The highest BCUT2D eigenvalue weighted by atomic mass is 32.2. The minimum Gasteiger partial charge on any atom is -0.326 e. The number of hydrogen-bond acceptors (Lipinski definition) is 4. The van der Waals surface area contributed by atoms with Gasteiger partial charge in [-0.25, -0.2) is 13.1 Å². The number of aryl methyl sites for hydroxylation is 3. The Balaban J connectivity index is 1.95. The van der Waals surface area contributed by atoms with Crippen LogP contribution in [0, 0.1) is 20.8 Å². The second kappa shape index (κ2) is 8.45. The van der Waals surface area contributed by atoms with E-state index in [0.717, 1.165) is 5.56 Å². The molecule has 0 spiro atoms. The third-order valence-electron chi connectivity index (χ3n) is 4.09. The molecule has 0 aromatic heterocycles. The zero-order valence-corrected chi connectivity index (χ0v) is 16.7. The fraction of sp³-hybridized carbons (Fsp3) is 0.300. The van der Waals surface area contributed by atoms with Gasteiger partial charge >= 0.3 is 0 Å². The van der Waals surface area contributed by atoms with Crippen LogP contribution >= 0.6 is 0 Å². The van der Waals surface area contributed by atoms with Crippen molar-refractivity contribution in [1.29, 1.82) is 0 Å². The number of nitrogens with one attached hydrogen (secondary N) is 2. The van der Waals surface area contributed by atoms with Crippen LogP contribution in [0.15, 0.2) is 41.3 Å². The Labute approximate surface area is 160 Å². The Morgan fingerprint density at radius 1 is 0.963 bits per heavy atom. The van der Waals surface area contributed by atoms with E-state index in [2.05, 4.69) is 10.0 Å². The Kier molecular flexibility index (Phi) is 6.51. The lowest BCUT2D eigenvalue weighted by Gasteiger charge is -2.13. The summed E-state index contributed by atoms with van der Waals surface area (Å²) in [6, 6.07) is 10.2. The lowest BCUT2D eigenvalue weighted by atomic mass is 10.1. The molecular formula is C20H24N2O4S. The summed E-state index contributed by atoms with van der Waals surface area (Å²) in [7, 11) is -3.69. The van der Waals surface area contributed by atoms with E-state index >= 15 is 0 Å². The molecular weight excluding hydrogens is 364 g/mol. The monoisotopic (exact) mass is 388 g/mol. The first-order valence-corrected chi connectivity index (χ1v) is 10.1. The fourth-order valence-corrected chi connectivity index (χ4v) is 4.45. The zero-order valence-electron chi connectivity index (χ0n) is 15.9. The molecule has 0 saturated carbocycles. The van der Waals surface area contributed by atoms with Gasteiger partial charge in [-0.3, -0.25) is 9.59 Å². The number of amides is 1. The number of Topliss-reactive ketones (excluding diaryl/α,β-unsaturated/α-hetero) is 1. The molecule has 2 aromatic rings. The van der Waals surface area contributed by atoms with Crippen molar-refractivity contribution < 1.29 is 18.0 Å². The molecule has 0 fully saturated rings. The quantitative estimate of drug-likeness (QED) is 0.713. The van der Waals surface area contributed by atoms with Gasteiger partial charge in [-0.15, -0.1) is 0 Å². The van der Waals surface area contributed by atoms with Crippen LogP contribution in [0.2, 0.25) is 0 Å². The molecule has 0 unspecified atom stereocenters. The van der Waals surface area contributed by atoms with E-state index in [4.69, 9.17) is 0 Å². The highest BCUT2D eigenvalue weighted by Gasteiger charge is 2.19. The van der Waals surface area contributed by atoms with Gasteiger partial charge in [-0.05, 0) is 63.1 Å². The topological polar surface area (TPSA) is 92.3 Å². The van der Waals surface area contributed by atoms with Gasteiger partial charge in [0.2, 0.25) is 15.9 Å². The summed E-state index contributed by atoms with van der Waals surface area (Å²) >= 11 is 0. The lowest BCUT2D eigenvalue weighted by molar-refractivity contribution is -0.116. The molecule has 144 valence electrons. The van der Waals surface area contributed by atoms with Crippen molar-refractivity contribution in [2.75, 3.05) is 11.9 Å². The van der Waals surface area contributed by atoms with E-state index < -0.39 is 10.0 Å². The van der Waals surface area contributed by atoms with Crippen LogP contribution in [0.3, 0.4) is 0 Å². The molecule has 0 heterocycles. The summed E-state index contributed by atoms with van der Waals surface area (Å²) in [6.07, 6.45) is -0.00233. The summed E-state index contributed by atoms with van der Waals surface area (Å²) in [5.41, 5.74) is 3.46. The number of rotatable bonds is 7. The standard InChI is InChI=1S/C20H24N2O4S/c1-13-11-14(2)20(15(3)12-13)27(25,26)21-10-9-19(24)22-18-7-5-17(6-8-18)16(4)23/h5-8,11-12,21H,9-10H2,1-4H3,(H,22,24). The largest absolute Gasteiger partial charge is 0.326 e. The van der Waals surface area contributed by atoms with Crippen LogP contribution in [-0.2, 0) is 14.8 Å². The summed E-state index contributed by atoms with van der Waals surface area (Å²) in [4.78, 5) is 23.5. The Morgan fingerprint density at radius 3 is 2.04 bits per heavy atom. The van der Waals surface area contributed by atoms with Gasteiger partial charge < -0.3 is 5.32 Å². The van der Waals surface area contributed by atoms with Crippen molar-refractivity contribution in [2.45, 2.75) is 39.0 Å². The number of ketones is 1. The van der Waals surface area contributed by atoms with E-state index in [1.165, 1.54) is 6.92 Å². The van der Waals surface area contributed by atoms with Gasteiger partial charge in [0.15, 0.2) is 5.78 Å². The van der Waals surface area contributed by atoms with E-state index in [0.29, 0.717) is 22.4 Å². The smallest absolute Gasteiger partial charge is 0.241 e. The maximum Gasteiger partial charge on any atom is 0.241 e. The predicted molar refractivity (Wildman–Crippen MR) is 106 cm³/mol. The average Bonchev–Trinajstić information content (AvgIpc) is 2.53. The first kappa shape index (κ1) is 20.8. The number of hydrogen-bond donors (Lipinski definition) is 2. The maximum atomic E-state index is 12.6. The molecule has 0 saturated heterocycles. The molecule has 0 bridgehead atoms. The SMILES string of the molecule is CC(=O)c1ccc(NC(=O)CCNS(=O)(=O)c2c(C)cc(C)cc2C)cc1. The van der Waals surface area contributed by atoms with Crippen LogP contribution < -0.4 is 10.0 Å². The maximum absolute atomic E-state index is 12.6. The van der Waals surface area contributed by atoms with Gasteiger partial charge in [-0.2, -0.15) is 0 Å². The summed E-state index contributed by atoms with van der Waals surface area (Å²) < 4.78 is 27.6. The van der Waals surface area contributed by atoms with E-state index in [-0.39, 0.29) is 29.6 Å². The number of benzene rings is 2. The second-order valence-corrected chi connectivity index (χ2v) is 8.26. The van der Waals surface area contributed by atoms with Crippen LogP contribution in [0.25, 0.3) is 0 Å². The van der Waals surface area contributed by atoms with Crippen molar-refractivity contribution in [3.63, 3.8) is 0 Å². The molecule has 0 aliphatic carbocycles. The molecule has 2 rings (SSSR count). The van der Waals surface area contributed by atoms with Crippen LogP contribution in [-0.4, -0.2) is 26.7 Å². The fourth-order valence-electron chi connectivity index (χ4n) is 2.97. The van der Waals surface area contributed by atoms with Crippen molar-refractivity contribution in [3.8, 4) is 0 Å². The van der Waals surface area contributed by atoms with Crippen molar-refractivity contribution in [3.05, 3.63) is 58.7 Å². The molecule has 2 N–H and O–H groups in total. The lowest BCUT2D eigenvalue weighted by Crippen LogP contribution is -2.29. The average molecular weight is 388 g/mol. The molecule has 0 radical (unpaired) electrons. The van der Waals surface area contributed by atoms with Gasteiger partial charge in [-0.1, -0.05) is 17.7 Å². The molecule has 0 aliphatic rings. The second-order valence-electron chi connectivity index (χ2n) is 6.56. The molecule has 0 aliphatic heterocycles. The van der Waals surface area contributed by atoms with Gasteiger partial charge in [0.05, 0.1) is 4.90 Å². The van der Waals surface area contributed by atoms with Gasteiger partial charge in [0.25, 0.3) is 0 Å². The number of sulfonamides is 1. The third-order valence-corrected chi connectivity index (χ3v) is 5.86. The van der Waals surface area contributed by atoms with Crippen LogP contribution in [0.5, 0.6) is 0 Å². The van der Waals surface area contributed by atoms with Crippen LogP contribution in [0.4, 0.5) is 5.69 Å². The minimum absolute atomic E-state index is 0.00233. The van der Waals surface area contributed by atoms with E-state index in [1.807, 2.05) is 19.1 Å². The van der Waals surface area contributed by atoms with Crippen LogP contribution in [0.1, 0.15) is 40.4 Å². The molecule has 2 aromatic carbocycles. The predicted octanol–water partition coefficient (Wildman–Crippen LogP) is 3.12. The van der Waals surface area contributed by atoms with Gasteiger partial charge in [0, 0.05) is 24.2 Å². The highest BCUT2D eigenvalue weighted by Crippen LogP contribution is 2.21. The number of anilines is 1. The normalized spacial score (nSPS) is 11.3. The Bertz CT molecular complexity index is 941. The van der Waals surface area contributed by atoms with Crippen molar-refractivity contribution in [1.82, 2.24) is 4.72 Å². The number of carbonyl (C=O) groups is 2. The molecule has 1 amide bonds. The summed E-state index contributed by atoms with van der Waals surface area (Å²) in [5.74, 6) is -0.366.